The predicted octanol–water partition coefficient (Wildman–Crippen LogP) is 11.9. The summed E-state index contributed by atoms with van der Waals surface area (Å²) in [6.45, 7) is 2.16. The molecule has 0 aliphatic heterocycles. The lowest BCUT2D eigenvalue weighted by molar-refractivity contribution is -0.275. The van der Waals surface area contributed by atoms with Crippen LogP contribution in [0.2, 0.25) is 0 Å². The molecule has 244 valence electrons. The van der Waals surface area contributed by atoms with Gasteiger partial charge in [0.2, 0.25) is 0 Å². The van der Waals surface area contributed by atoms with Crippen molar-refractivity contribution in [3.63, 3.8) is 0 Å². The van der Waals surface area contributed by atoms with Gasteiger partial charge in [-0.15, -0.1) is 13.2 Å². The smallest absolute Gasteiger partial charge is 0.429 e. The van der Waals surface area contributed by atoms with Crippen molar-refractivity contribution >= 4 is 0 Å². The summed E-state index contributed by atoms with van der Waals surface area (Å²) >= 11 is 0. The third kappa shape index (κ3) is 8.30. The summed E-state index contributed by atoms with van der Waals surface area (Å²) in [5.41, 5.74) is 2.61. The van der Waals surface area contributed by atoms with Crippen molar-refractivity contribution < 1.29 is 44.6 Å². The molecular formula is C37H28F8O2. The lowest BCUT2D eigenvalue weighted by atomic mass is 9.98. The van der Waals surface area contributed by atoms with E-state index >= 15 is 13.2 Å². The van der Waals surface area contributed by atoms with E-state index in [1.54, 1.807) is 12.1 Å². The van der Waals surface area contributed by atoms with Gasteiger partial charge in [0.05, 0.1) is 5.56 Å². The highest BCUT2D eigenvalue weighted by molar-refractivity contribution is 5.71. The van der Waals surface area contributed by atoms with Crippen LogP contribution in [-0.2, 0) is 12.5 Å². The number of hydrogen-bond acceptors (Lipinski definition) is 2. The standard InChI is InChI=1S/C37H28F8O2/c1-2-3-4-5-23-6-8-24(9-7-23)25-10-12-26(13-11-25)27-14-18-31(33(39)20-27)36(41,42)46-29-16-17-30(32(38)22-29)28-15-19-35(34(40)21-28)47-37(43,44)45/h6-22H,2-5H2,1H3. The maximum absolute atomic E-state index is 15.0. The molecule has 5 rings (SSSR count). The van der Waals surface area contributed by atoms with Crippen LogP contribution in [0.4, 0.5) is 35.1 Å². The molecule has 47 heavy (non-hydrogen) atoms. The van der Waals surface area contributed by atoms with Crippen molar-refractivity contribution in [3.8, 4) is 44.9 Å². The first kappa shape index (κ1) is 33.5. The maximum Gasteiger partial charge on any atom is 0.573 e. The van der Waals surface area contributed by atoms with Crippen molar-refractivity contribution in [2.45, 2.75) is 45.1 Å². The second-order valence-electron chi connectivity index (χ2n) is 10.9. The molecule has 0 saturated carbocycles. The van der Waals surface area contributed by atoms with Crippen LogP contribution in [0.5, 0.6) is 11.5 Å². The summed E-state index contributed by atoms with van der Waals surface area (Å²) < 4.78 is 119. The maximum atomic E-state index is 15.0. The van der Waals surface area contributed by atoms with E-state index in [0.717, 1.165) is 60.7 Å². The number of aryl methyl sites for hydroxylation is 1. The highest BCUT2D eigenvalue weighted by atomic mass is 19.4. The van der Waals surface area contributed by atoms with Crippen molar-refractivity contribution in [3.05, 3.63) is 132 Å². The van der Waals surface area contributed by atoms with Gasteiger partial charge in [-0.25, -0.2) is 13.2 Å². The fraction of sp³-hybridized carbons (Fsp3) is 0.189. The summed E-state index contributed by atoms with van der Waals surface area (Å²) in [7, 11) is 0. The zero-order chi connectivity index (χ0) is 33.8. The van der Waals surface area contributed by atoms with E-state index in [-0.39, 0.29) is 11.1 Å². The molecule has 0 N–H and O–H groups in total. The fourth-order valence-corrected chi connectivity index (χ4v) is 5.10. The third-order valence-electron chi connectivity index (χ3n) is 7.51. The summed E-state index contributed by atoms with van der Waals surface area (Å²) in [6, 6.07) is 23.4. The Morgan fingerprint density at radius 2 is 1.11 bits per heavy atom. The number of unbranched alkanes of at least 4 members (excludes halogenated alkanes) is 2. The van der Waals surface area contributed by atoms with E-state index in [1.807, 2.05) is 24.3 Å². The Kier molecular flexibility index (Phi) is 9.88. The average molecular weight is 657 g/mol. The number of ether oxygens (including phenoxy) is 2. The molecule has 0 radical (unpaired) electrons. The average Bonchev–Trinajstić information content (AvgIpc) is 3.02. The van der Waals surface area contributed by atoms with Crippen LogP contribution in [0.25, 0.3) is 33.4 Å². The van der Waals surface area contributed by atoms with Gasteiger partial charge in [-0.1, -0.05) is 80.4 Å². The molecule has 5 aromatic carbocycles. The highest BCUT2D eigenvalue weighted by Crippen LogP contribution is 2.37. The van der Waals surface area contributed by atoms with Crippen LogP contribution in [0.1, 0.15) is 37.3 Å². The van der Waals surface area contributed by atoms with Crippen molar-refractivity contribution in [1.29, 1.82) is 0 Å². The van der Waals surface area contributed by atoms with E-state index in [1.165, 1.54) is 18.1 Å². The van der Waals surface area contributed by atoms with Gasteiger partial charge in [0.25, 0.3) is 0 Å². The van der Waals surface area contributed by atoms with E-state index in [2.05, 4.69) is 28.5 Å². The minimum absolute atomic E-state index is 0.182. The van der Waals surface area contributed by atoms with Gasteiger partial charge < -0.3 is 9.47 Å². The second-order valence-corrected chi connectivity index (χ2v) is 10.9. The van der Waals surface area contributed by atoms with Gasteiger partial charge in [-0.3, -0.25) is 0 Å². The number of alkyl halides is 5. The molecule has 0 saturated heterocycles. The number of halogens is 8. The molecule has 0 aliphatic carbocycles. The van der Waals surface area contributed by atoms with Gasteiger partial charge >= 0.3 is 12.5 Å². The minimum Gasteiger partial charge on any atom is -0.429 e. The summed E-state index contributed by atoms with van der Waals surface area (Å²) in [5.74, 6) is -5.58. The van der Waals surface area contributed by atoms with Crippen molar-refractivity contribution in [1.82, 2.24) is 0 Å². The lowest BCUT2D eigenvalue weighted by Crippen LogP contribution is -2.23. The zero-order valence-corrected chi connectivity index (χ0v) is 25.0. The van der Waals surface area contributed by atoms with Gasteiger partial charge in [-0.2, -0.15) is 8.78 Å². The molecule has 10 heteroatoms. The Bertz CT molecular complexity index is 1830. The Balaban J connectivity index is 1.27. The van der Waals surface area contributed by atoms with E-state index in [0.29, 0.717) is 29.3 Å². The van der Waals surface area contributed by atoms with Gasteiger partial charge in [0, 0.05) is 11.6 Å². The van der Waals surface area contributed by atoms with Crippen LogP contribution >= 0.6 is 0 Å². The number of benzene rings is 5. The molecule has 5 aromatic rings. The van der Waals surface area contributed by atoms with Gasteiger partial charge in [-0.05, 0) is 82.6 Å². The molecule has 0 aromatic heterocycles. The Labute approximate surface area is 266 Å². The van der Waals surface area contributed by atoms with Crippen LogP contribution < -0.4 is 9.47 Å². The summed E-state index contributed by atoms with van der Waals surface area (Å²) in [5, 5.41) is 0. The molecule has 0 unspecified atom stereocenters. The first-order chi connectivity index (χ1) is 22.3. The number of rotatable bonds is 11. The van der Waals surface area contributed by atoms with Crippen molar-refractivity contribution in [2.75, 3.05) is 0 Å². The predicted molar refractivity (Wildman–Crippen MR) is 163 cm³/mol. The highest BCUT2D eigenvalue weighted by Gasteiger charge is 2.38. The number of hydrogen-bond donors (Lipinski definition) is 0. The SMILES string of the molecule is CCCCCc1ccc(-c2ccc(-c3ccc(C(F)(F)Oc4ccc(-c5ccc(OC(F)(F)F)c(F)c5)c(F)c4)c(F)c3)cc2)cc1. The first-order valence-corrected chi connectivity index (χ1v) is 14.7. The van der Waals surface area contributed by atoms with Crippen molar-refractivity contribution in [2.24, 2.45) is 0 Å². The lowest BCUT2D eigenvalue weighted by Gasteiger charge is -2.20. The van der Waals surface area contributed by atoms with Crippen LogP contribution in [0, 0.1) is 17.5 Å². The molecule has 0 aliphatic rings. The molecule has 0 fully saturated rings. The van der Waals surface area contributed by atoms with Gasteiger partial charge in [0.1, 0.15) is 17.4 Å². The van der Waals surface area contributed by atoms with Gasteiger partial charge in [0.15, 0.2) is 11.6 Å². The Hall–Kier alpha value is -4.86. The molecule has 0 heterocycles. The summed E-state index contributed by atoms with van der Waals surface area (Å²) in [6.07, 6.45) is -4.83. The normalized spacial score (nSPS) is 11.9. The summed E-state index contributed by atoms with van der Waals surface area (Å²) in [4.78, 5) is 0. The molecule has 0 atom stereocenters. The second kappa shape index (κ2) is 13.9. The third-order valence-corrected chi connectivity index (χ3v) is 7.51. The molecule has 0 bridgehead atoms. The van der Waals surface area contributed by atoms with E-state index in [9.17, 15) is 22.0 Å². The molecular weight excluding hydrogens is 628 g/mol. The first-order valence-electron chi connectivity index (χ1n) is 14.7. The van der Waals surface area contributed by atoms with E-state index in [4.69, 9.17) is 0 Å². The molecule has 0 amide bonds. The van der Waals surface area contributed by atoms with Crippen LogP contribution in [0.3, 0.4) is 0 Å². The van der Waals surface area contributed by atoms with Crippen LogP contribution in [-0.4, -0.2) is 6.36 Å². The Morgan fingerprint density at radius 1 is 0.532 bits per heavy atom. The molecule has 2 nitrogen and oxygen atoms in total. The largest absolute Gasteiger partial charge is 0.573 e. The topological polar surface area (TPSA) is 18.5 Å². The van der Waals surface area contributed by atoms with E-state index < -0.39 is 47.0 Å². The van der Waals surface area contributed by atoms with Crippen LogP contribution in [0.15, 0.2) is 103 Å². The monoisotopic (exact) mass is 656 g/mol. The Morgan fingerprint density at radius 3 is 1.68 bits per heavy atom. The zero-order valence-electron chi connectivity index (χ0n) is 25.0. The molecule has 0 spiro atoms. The minimum atomic E-state index is -5.13. The fourth-order valence-electron chi connectivity index (χ4n) is 5.10. The quantitative estimate of drug-likeness (QED) is 0.104.